The van der Waals surface area contributed by atoms with E-state index in [-0.39, 0.29) is 23.4 Å². The molecule has 3 rings (SSSR count). The number of nitrogens with one attached hydrogen (secondary N) is 2. The van der Waals surface area contributed by atoms with E-state index in [2.05, 4.69) is 40.0 Å². The van der Waals surface area contributed by atoms with Crippen LogP contribution >= 0.6 is 0 Å². The van der Waals surface area contributed by atoms with Crippen LogP contribution in [0.25, 0.3) is 6.08 Å². The molecule has 2 N–H and O–H groups in total. The predicted octanol–water partition coefficient (Wildman–Crippen LogP) is 3.89. The SMILES string of the molecule is Cc1cc(/C=C(/C#N)C(=O)NC2CCN(CC(=O)Nc3ccccc3)CC2)c(C)n1CC(C)C. The fourth-order valence-electron chi connectivity index (χ4n) is 4.35. The zero-order chi connectivity index (χ0) is 24.7. The summed E-state index contributed by atoms with van der Waals surface area (Å²) in [6.45, 7) is 11.1. The van der Waals surface area contributed by atoms with Crippen molar-refractivity contribution in [3.8, 4) is 6.07 Å². The van der Waals surface area contributed by atoms with Crippen LogP contribution in [-0.4, -0.2) is 47.0 Å². The molecule has 7 heteroatoms. The highest BCUT2D eigenvalue weighted by Crippen LogP contribution is 2.20. The first kappa shape index (κ1) is 25.3. The molecule has 0 radical (unpaired) electrons. The molecule has 34 heavy (non-hydrogen) atoms. The van der Waals surface area contributed by atoms with E-state index in [1.54, 1.807) is 6.08 Å². The van der Waals surface area contributed by atoms with E-state index in [9.17, 15) is 14.9 Å². The number of hydrogen-bond acceptors (Lipinski definition) is 4. The number of aromatic nitrogens is 1. The number of amides is 2. The summed E-state index contributed by atoms with van der Waals surface area (Å²) in [5.74, 6) is 0.130. The van der Waals surface area contributed by atoms with Gasteiger partial charge in [-0.2, -0.15) is 5.26 Å². The number of nitrogens with zero attached hydrogens (tertiary/aromatic N) is 3. The Morgan fingerprint density at radius 2 is 1.85 bits per heavy atom. The number of hydrogen-bond donors (Lipinski definition) is 2. The highest BCUT2D eigenvalue weighted by atomic mass is 16.2. The summed E-state index contributed by atoms with van der Waals surface area (Å²) in [5.41, 5.74) is 4.00. The molecule has 1 aliphatic heterocycles. The summed E-state index contributed by atoms with van der Waals surface area (Å²) in [7, 11) is 0. The summed E-state index contributed by atoms with van der Waals surface area (Å²) in [6, 6.07) is 13.5. The number of piperidine rings is 1. The lowest BCUT2D eigenvalue weighted by Gasteiger charge is -2.31. The van der Waals surface area contributed by atoms with Crippen LogP contribution in [-0.2, 0) is 16.1 Å². The van der Waals surface area contributed by atoms with Gasteiger partial charge in [0.1, 0.15) is 11.6 Å². The van der Waals surface area contributed by atoms with Gasteiger partial charge in [-0.25, -0.2) is 0 Å². The zero-order valence-electron chi connectivity index (χ0n) is 20.6. The fourth-order valence-corrected chi connectivity index (χ4v) is 4.35. The van der Waals surface area contributed by atoms with Gasteiger partial charge < -0.3 is 15.2 Å². The third kappa shape index (κ3) is 6.82. The average molecular weight is 462 g/mol. The molecule has 2 aromatic rings. The molecule has 0 atom stereocenters. The number of carbonyl (C=O) groups is 2. The highest BCUT2D eigenvalue weighted by molar-refractivity contribution is 6.02. The second-order valence-corrected chi connectivity index (χ2v) is 9.44. The number of likely N-dealkylation sites (tertiary alicyclic amines) is 1. The van der Waals surface area contributed by atoms with Gasteiger partial charge in [-0.15, -0.1) is 0 Å². The van der Waals surface area contributed by atoms with Gasteiger partial charge in [0.2, 0.25) is 5.91 Å². The van der Waals surface area contributed by atoms with Crippen LogP contribution in [0.15, 0.2) is 42.0 Å². The molecule has 2 amide bonds. The number of aryl methyl sites for hydroxylation is 1. The molecule has 0 spiro atoms. The molecule has 1 fully saturated rings. The van der Waals surface area contributed by atoms with E-state index >= 15 is 0 Å². The van der Waals surface area contributed by atoms with Crippen molar-refractivity contribution >= 4 is 23.6 Å². The van der Waals surface area contributed by atoms with Crippen molar-refractivity contribution in [1.29, 1.82) is 5.26 Å². The Balaban J connectivity index is 1.53. The van der Waals surface area contributed by atoms with E-state index < -0.39 is 0 Å². The van der Waals surface area contributed by atoms with E-state index in [4.69, 9.17) is 0 Å². The Bertz CT molecular complexity index is 1070. The Morgan fingerprint density at radius 1 is 1.18 bits per heavy atom. The van der Waals surface area contributed by atoms with Crippen LogP contribution in [0.4, 0.5) is 5.69 Å². The predicted molar refractivity (Wildman–Crippen MR) is 135 cm³/mol. The number of nitriles is 1. The van der Waals surface area contributed by atoms with Crippen molar-refractivity contribution in [2.75, 3.05) is 25.0 Å². The number of para-hydroxylation sites is 1. The number of benzene rings is 1. The fraction of sp³-hybridized carbons (Fsp3) is 0.444. The second kappa shape index (κ2) is 11.7. The van der Waals surface area contributed by atoms with Crippen LogP contribution in [0, 0.1) is 31.1 Å². The maximum absolute atomic E-state index is 12.8. The van der Waals surface area contributed by atoms with Crippen molar-refractivity contribution in [3.05, 3.63) is 58.9 Å². The lowest BCUT2D eigenvalue weighted by atomic mass is 10.0. The molecule has 7 nitrogen and oxygen atoms in total. The van der Waals surface area contributed by atoms with Gasteiger partial charge in [0.25, 0.3) is 5.91 Å². The summed E-state index contributed by atoms with van der Waals surface area (Å²) in [4.78, 5) is 27.2. The third-order valence-electron chi connectivity index (χ3n) is 6.17. The van der Waals surface area contributed by atoms with Gasteiger partial charge in [0.05, 0.1) is 6.54 Å². The second-order valence-electron chi connectivity index (χ2n) is 9.44. The minimum atomic E-state index is -0.337. The molecular weight excluding hydrogens is 426 g/mol. The minimum Gasteiger partial charge on any atom is -0.349 e. The van der Waals surface area contributed by atoms with Crippen molar-refractivity contribution in [2.45, 2.75) is 53.1 Å². The van der Waals surface area contributed by atoms with Gasteiger partial charge in [-0.3, -0.25) is 14.5 Å². The van der Waals surface area contributed by atoms with E-state index in [0.717, 1.165) is 55.1 Å². The molecule has 0 unspecified atom stereocenters. The lowest BCUT2D eigenvalue weighted by Crippen LogP contribution is -2.46. The number of anilines is 1. The molecule has 2 heterocycles. The van der Waals surface area contributed by atoms with Crippen molar-refractivity contribution in [1.82, 2.24) is 14.8 Å². The molecule has 0 saturated carbocycles. The molecule has 1 saturated heterocycles. The molecule has 1 aliphatic rings. The highest BCUT2D eigenvalue weighted by Gasteiger charge is 2.23. The monoisotopic (exact) mass is 461 g/mol. The average Bonchev–Trinajstić information content (AvgIpc) is 3.06. The topological polar surface area (TPSA) is 90.2 Å². The molecule has 1 aromatic carbocycles. The van der Waals surface area contributed by atoms with Crippen LogP contribution in [0.2, 0.25) is 0 Å². The summed E-state index contributed by atoms with van der Waals surface area (Å²) < 4.78 is 2.23. The van der Waals surface area contributed by atoms with Crippen molar-refractivity contribution < 1.29 is 9.59 Å². The van der Waals surface area contributed by atoms with Crippen LogP contribution < -0.4 is 10.6 Å². The van der Waals surface area contributed by atoms with Crippen LogP contribution in [0.3, 0.4) is 0 Å². The first-order chi connectivity index (χ1) is 16.3. The molecule has 0 aliphatic carbocycles. The Morgan fingerprint density at radius 3 is 2.47 bits per heavy atom. The molecular formula is C27H35N5O2. The van der Waals surface area contributed by atoms with Crippen molar-refractivity contribution in [2.24, 2.45) is 5.92 Å². The van der Waals surface area contributed by atoms with Gasteiger partial charge >= 0.3 is 0 Å². The Hall–Kier alpha value is -3.37. The molecule has 1 aromatic heterocycles. The molecule has 0 bridgehead atoms. The maximum Gasteiger partial charge on any atom is 0.262 e. The maximum atomic E-state index is 12.8. The van der Waals surface area contributed by atoms with Gasteiger partial charge in [-0.05, 0) is 62.4 Å². The van der Waals surface area contributed by atoms with E-state index in [1.165, 1.54) is 0 Å². The van der Waals surface area contributed by atoms with Crippen molar-refractivity contribution in [3.63, 3.8) is 0 Å². The zero-order valence-corrected chi connectivity index (χ0v) is 20.6. The first-order valence-electron chi connectivity index (χ1n) is 11.9. The lowest BCUT2D eigenvalue weighted by molar-refractivity contribution is -0.119. The smallest absolute Gasteiger partial charge is 0.262 e. The first-order valence-corrected chi connectivity index (χ1v) is 11.9. The minimum absolute atomic E-state index is 0.00828. The number of carbonyl (C=O) groups excluding carboxylic acids is 2. The summed E-state index contributed by atoms with van der Waals surface area (Å²) in [5, 5.41) is 15.5. The molecule has 180 valence electrons. The normalized spacial score (nSPS) is 15.2. The van der Waals surface area contributed by atoms with Gasteiger partial charge in [0.15, 0.2) is 0 Å². The van der Waals surface area contributed by atoms with Gasteiger partial charge in [0, 0.05) is 42.8 Å². The standard InChI is InChI=1S/C27H35N5O2/c1-19(2)17-32-20(3)14-22(21(32)4)15-23(16-28)27(34)30-25-10-12-31(13-11-25)18-26(33)29-24-8-6-5-7-9-24/h5-9,14-15,19,25H,10-13,17-18H2,1-4H3,(H,29,33)(H,30,34)/b23-15-. The largest absolute Gasteiger partial charge is 0.349 e. The third-order valence-corrected chi connectivity index (χ3v) is 6.17. The summed E-state index contributed by atoms with van der Waals surface area (Å²) >= 11 is 0. The summed E-state index contributed by atoms with van der Waals surface area (Å²) in [6.07, 6.45) is 3.18. The number of rotatable bonds is 8. The Labute approximate surface area is 202 Å². The Kier molecular flexibility index (Phi) is 8.67. The van der Waals surface area contributed by atoms with E-state index in [0.29, 0.717) is 12.5 Å². The van der Waals surface area contributed by atoms with Crippen LogP contribution in [0.5, 0.6) is 0 Å². The van der Waals surface area contributed by atoms with Crippen LogP contribution in [0.1, 0.15) is 43.6 Å². The quantitative estimate of drug-likeness (QED) is 0.461. The van der Waals surface area contributed by atoms with E-state index in [1.807, 2.05) is 50.2 Å². The van der Waals surface area contributed by atoms with Gasteiger partial charge in [-0.1, -0.05) is 32.0 Å².